The number of carbonyl (C=O) groups is 7. The summed E-state index contributed by atoms with van der Waals surface area (Å²) in [5.41, 5.74) is -0.468. The van der Waals surface area contributed by atoms with Crippen LogP contribution < -0.4 is 21.3 Å². The number of fused-ring (bicyclic) bond motifs is 1. The monoisotopic (exact) mass is 750 g/mol. The van der Waals surface area contributed by atoms with Crippen molar-refractivity contribution in [2.24, 2.45) is 23.2 Å². The van der Waals surface area contributed by atoms with Crippen LogP contribution in [-0.2, 0) is 33.5 Å². The molecule has 14 nitrogen and oxygen atoms in total. The number of ketones is 1. The largest absolute Gasteiger partial charge is 0.444 e. The number of hydrogen-bond acceptors (Lipinski definition) is 8. The summed E-state index contributed by atoms with van der Waals surface area (Å²) < 4.78 is 5.52. The number of rotatable bonds is 15. The third-order valence-corrected chi connectivity index (χ3v) is 10.9. The zero-order chi connectivity index (χ0) is 40.0. The van der Waals surface area contributed by atoms with Crippen molar-refractivity contribution in [3.63, 3.8) is 0 Å². The average Bonchev–Trinajstić information content (AvgIpc) is 3.42. The second kappa shape index (κ2) is 17.6. The topological polar surface area (TPSA) is 183 Å². The molecule has 0 bridgehead atoms. The molecule has 2 aliphatic carbocycles. The van der Waals surface area contributed by atoms with Crippen LogP contribution in [0.4, 0.5) is 4.79 Å². The maximum Gasteiger partial charge on any atom is 0.408 e. The molecule has 1 saturated heterocycles. The Balaban J connectivity index is 1.47. The highest BCUT2D eigenvalue weighted by molar-refractivity contribution is 6.38. The molecule has 2 saturated carbocycles. The van der Waals surface area contributed by atoms with Crippen LogP contribution >= 0.6 is 0 Å². The highest BCUT2D eigenvalue weighted by Gasteiger charge is 2.69. The van der Waals surface area contributed by atoms with Crippen molar-refractivity contribution < 1.29 is 38.3 Å². The van der Waals surface area contributed by atoms with Crippen LogP contribution in [0.5, 0.6) is 0 Å². The van der Waals surface area contributed by atoms with Crippen molar-refractivity contribution >= 4 is 41.4 Å². The van der Waals surface area contributed by atoms with Crippen molar-refractivity contribution in [2.75, 3.05) is 27.2 Å². The number of allylic oxidation sites excluding steroid dienone is 1. The average molecular weight is 751 g/mol. The van der Waals surface area contributed by atoms with E-state index >= 15 is 0 Å². The first-order chi connectivity index (χ1) is 25.4. The van der Waals surface area contributed by atoms with Gasteiger partial charge in [0.05, 0.1) is 12.6 Å². The molecule has 5 unspecified atom stereocenters. The number of ether oxygens (including phenoxy) is 1. The molecule has 3 fully saturated rings. The Morgan fingerprint density at radius 2 is 1.63 bits per heavy atom. The third-order valence-electron chi connectivity index (χ3n) is 10.9. The second-order valence-electron chi connectivity index (χ2n) is 16.5. The van der Waals surface area contributed by atoms with Gasteiger partial charge in [-0.15, -0.1) is 6.58 Å². The number of nitrogens with one attached hydrogen (secondary N) is 4. The lowest BCUT2D eigenvalue weighted by atomic mass is 9.83. The zero-order valence-electron chi connectivity index (χ0n) is 32.7. The van der Waals surface area contributed by atoms with Crippen LogP contribution in [0, 0.1) is 23.2 Å². The molecule has 4 rings (SSSR count). The molecule has 6 amide bonds. The molecule has 1 heterocycles. The van der Waals surface area contributed by atoms with Crippen molar-refractivity contribution in [3.8, 4) is 0 Å². The Morgan fingerprint density at radius 3 is 2.22 bits per heavy atom. The van der Waals surface area contributed by atoms with Gasteiger partial charge in [-0.2, -0.15) is 0 Å². The number of piperidine rings is 1. The lowest BCUT2D eigenvalue weighted by Crippen LogP contribution is -2.60. The Kier molecular flexibility index (Phi) is 13.7. The molecule has 1 aromatic carbocycles. The zero-order valence-corrected chi connectivity index (χ0v) is 32.7. The summed E-state index contributed by atoms with van der Waals surface area (Å²) in [4.78, 5) is 96.9. The number of Topliss-reactive ketones (excluding diaryl/α,β-unsaturated/α-hetero) is 1. The Bertz CT molecular complexity index is 1580. The van der Waals surface area contributed by atoms with Gasteiger partial charge in [0, 0.05) is 20.6 Å². The van der Waals surface area contributed by atoms with E-state index in [1.165, 1.54) is 9.80 Å². The number of nitrogens with zero attached hydrogens (tertiary/aromatic N) is 2. The fourth-order valence-electron chi connectivity index (χ4n) is 7.89. The van der Waals surface area contributed by atoms with E-state index in [0.717, 1.165) is 32.1 Å². The smallest absolute Gasteiger partial charge is 0.408 e. The highest BCUT2D eigenvalue weighted by atomic mass is 16.6. The van der Waals surface area contributed by atoms with Gasteiger partial charge in [0.15, 0.2) is 0 Å². The van der Waals surface area contributed by atoms with Gasteiger partial charge in [0.1, 0.15) is 23.7 Å². The predicted octanol–water partition coefficient (Wildman–Crippen LogP) is 3.03. The molecule has 3 aliphatic rings. The number of likely N-dealkylation sites (tertiary alicyclic amines) is 1. The molecule has 6 atom stereocenters. The standard InChI is InChI=1S/C40H58N6O8/c1-9-10-21-27(33(48)35(50)41-22-28(47)43-30(36(51)45(7)8)24-17-13-11-14-18-24)42-34(49)32-29-26(40(29,5)6)23-46(32)37(52)31(25-19-15-12-16-20-25)44-38(53)54-39(2,3)4/h9,11,13-14,17-18,25-27,29-32H,1,10,12,15-16,19-23H2,2-8H3,(H,41,50)(H,42,49)(H,43,47)(H,44,53)/t26?,27?,29?,30-,31?,32?/m0/s1. The minimum Gasteiger partial charge on any atom is -0.444 e. The molecule has 54 heavy (non-hydrogen) atoms. The summed E-state index contributed by atoms with van der Waals surface area (Å²) in [5.74, 6) is -4.33. The summed E-state index contributed by atoms with van der Waals surface area (Å²) in [6.45, 7) is 12.7. The SMILES string of the molecule is C=CCCC(NC(=O)C1C2C(CN1C(=O)C(NC(=O)OC(C)(C)C)C1CCCCC1)C2(C)C)C(=O)C(=O)NCC(=O)N[C@H](C(=O)N(C)C)c1ccccc1. The van der Waals surface area contributed by atoms with E-state index in [-0.39, 0.29) is 41.4 Å². The Hall–Kier alpha value is -4.75. The van der Waals surface area contributed by atoms with Crippen molar-refractivity contribution in [1.29, 1.82) is 0 Å². The molecular weight excluding hydrogens is 692 g/mol. The van der Waals surface area contributed by atoms with Gasteiger partial charge in [0.25, 0.3) is 5.91 Å². The summed E-state index contributed by atoms with van der Waals surface area (Å²) >= 11 is 0. The van der Waals surface area contributed by atoms with E-state index in [1.54, 1.807) is 71.3 Å². The number of amides is 6. The second-order valence-corrected chi connectivity index (χ2v) is 16.5. The van der Waals surface area contributed by atoms with E-state index in [9.17, 15) is 33.6 Å². The van der Waals surface area contributed by atoms with Crippen LogP contribution in [0.1, 0.15) is 91.2 Å². The first-order valence-electron chi connectivity index (χ1n) is 19.0. The fraction of sp³-hybridized carbons (Fsp3) is 0.625. The Morgan fingerprint density at radius 1 is 0.981 bits per heavy atom. The van der Waals surface area contributed by atoms with Gasteiger partial charge in [-0.25, -0.2) is 4.79 Å². The molecule has 0 spiro atoms. The molecule has 1 aromatic rings. The summed E-state index contributed by atoms with van der Waals surface area (Å²) in [6.07, 6.45) is 5.60. The van der Waals surface area contributed by atoms with Crippen LogP contribution in [0.25, 0.3) is 0 Å². The lowest BCUT2D eigenvalue weighted by molar-refractivity contribution is -0.145. The molecule has 296 valence electrons. The van der Waals surface area contributed by atoms with E-state index in [1.807, 2.05) is 13.8 Å². The van der Waals surface area contributed by atoms with Gasteiger partial charge in [-0.05, 0) is 75.2 Å². The van der Waals surface area contributed by atoms with Gasteiger partial charge >= 0.3 is 6.09 Å². The number of carbonyl (C=O) groups excluding carboxylic acids is 7. The van der Waals surface area contributed by atoms with Gasteiger partial charge < -0.3 is 35.8 Å². The Labute approximate surface area is 318 Å². The maximum absolute atomic E-state index is 14.4. The van der Waals surface area contributed by atoms with Gasteiger partial charge in [-0.3, -0.25) is 28.8 Å². The van der Waals surface area contributed by atoms with Crippen molar-refractivity contribution in [1.82, 2.24) is 31.1 Å². The number of likely N-dealkylation sites (N-methyl/N-ethyl adjacent to an activating group) is 1. The lowest BCUT2D eigenvalue weighted by Gasteiger charge is -2.37. The van der Waals surface area contributed by atoms with Crippen molar-refractivity contribution in [2.45, 2.75) is 109 Å². The van der Waals surface area contributed by atoms with Crippen LogP contribution in [0.3, 0.4) is 0 Å². The number of hydrogen-bond donors (Lipinski definition) is 4. The van der Waals surface area contributed by atoms with Crippen LogP contribution in [0.2, 0.25) is 0 Å². The van der Waals surface area contributed by atoms with Crippen LogP contribution in [-0.4, -0.2) is 102 Å². The number of benzene rings is 1. The van der Waals surface area contributed by atoms with Crippen molar-refractivity contribution in [3.05, 3.63) is 48.6 Å². The molecule has 14 heteroatoms. The molecule has 0 aromatic heterocycles. The molecule has 0 radical (unpaired) electrons. The normalized spacial score (nSPS) is 22.0. The molecule has 1 aliphatic heterocycles. The predicted molar refractivity (Wildman–Crippen MR) is 201 cm³/mol. The first kappa shape index (κ1) is 42.0. The minimum atomic E-state index is -1.27. The van der Waals surface area contributed by atoms with Crippen LogP contribution in [0.15, 0.2) is 43.0 Å². The fourth-order valence-corrected chi connectivity index (χ4v) is 7.89. The first-order valence-corrected chi connectivity index (χ1v) is 19.0. The van der Waals surface area contributed by atoms with E-state index in [2.05, 4.69) is 27.8 Å². The molecule has 4 N–H and O–H groups in total. The van der Waals surface area contributed by atoms with E-state index in [4.69, 9.17) is 4.74 Å². The van der Waals surface area contributed by atoms with Gasteiger partial charge in [0.2, 0.25) is 29.4 Å². The van der Waals surface area contributed by atoms with Gasteiger partial charge in [-0.1, -0.05) is 69.5 Å². The van der Waals surface area contributed by atoms with E-state index < -0.39 is 65.9 Å². The maximum atomic E-state index is 14.4. The summed E-state index contributed by atoms with van der Waals surface area (Å²) in [7, 11) is 3.12. The minimum absolute atomic E-state index is 0.0361. The summed E-state index contributed by atoms with van der Waals surface area (Å²) in [5, 5.41) is 10.5. The quantitative estimate of drug-likeness (QED) is 0.156. The summed E-state index contributed by atoms with van der Waals surface area (Å²) in [6, 6.07) is 4.54. The van der Waals surface area contributed by atoms with E-state index in [0.29, 0.717) is 18.5 Å². The number of alkyl carbamates (subject to hydrolysis) is 1. The third kappa shape index (κ3) is 10.3. The molecular formula is C40H58N6O8. The highest BCUT2D eigenvalue weighted by Crippen LogP contribution is 2.65.